The molecule has 1 saturated heterocycles. The minimum absolute atomic E-state index is 0.0141. The van der Waals surface area contributed by atoms with Gasteiger partial charge in [-0.3, -0.25) is 9.59 Å². The van der Waals surface area contributed by atoms with E-state index in [9.17, 15) is 9.59 Å². The van der Waals surface area contributed by atoms with Crippen molar-refractivity contribution in [3.63, 3.8) is 0 Å². The monoisotopic (exact) mass is 266 g/mol. The van der Waals surface area contributed by atoms with Crippen LogP contribution in [0.15, 0.2) is 0 Å². The lowest BCUT2D eigenvalue weighted by Gasteiger charge is -2.32. The second kappa shape index (κ2) is 7.13. The molecule has 0 aromatic carbocycles. The SMILES string of the molecule is CCOC(=O)C1CCN(C(=O)C(C#N)C(C)C)CC1. The molecule has 5 heteroatoms. The van der Waals surface area contributed by atoms with Crippen LogP contribution in [0, 0.1) is 29.1 Å². The molecular formula is C14H22N2O3. The molecule has 0 saturated carbocycles. The van der Waals surface area contributed by atoms with E-state index >= 15 is 0 Å². The molecule has 1 aliphatic heterocycles. The standard InChI is InChI=1S/C14H22N2O3/c1-4-19-14(18)11-5-7-16(8-6-11)13(17)12(9-15)10(2)3/h10-12H,4-8H2,1-3H3. The van der Waals surface area contributed by atoms with Gasteiger partial charge in [-0.15, -0.1) is 0 Å². The van der Waals surface area contributed by atoms with Gasteiger partial charge < -0.3 is 9.64 Å². The number of nitriles is 1. The summed E-state index contributed by atoms with van der Waals surface area (Å²) < 4.78 is 4.99. The number of hydrogen-bond donors (Lipinski definition) is 0. The van der Waals surface area contributed by atoms with Crippen molar-refractivity contribution in [3.8, 4) is 6.07 Å². The van der Waals surface area contributed by atoms with Gasteiger partial charge >= 0.3 is 5.97 Å². The first kappa shape index (κ1) is 15.5. The van der Waals surface area contributed by atoms with Crippen LogP contribution >= 0.6 is 0 Å². The van der Waals surface area contributed by atoms with Crippen molar-refractivity contribution in [3.05, 3.63) is 0 Å². The lowest BCUT2D eigenvalue weighted by Crippen LogP contribution is -2.44. The van der Waals surface area contributed by atoms with Crippen LogP contribution in [0.4, 0.5) is 0 Å². The van der Waals surface area contributed by atoms with Crippen LogP contribution in [0.1, 0.15) is 33.6 Å². The molecule has 1 unspecified atom stereocenters. The molecule has 1 aliphatic rings. The zero-order valence-electron chi connectivity index (χ0n) is 11.9. The van der Waals surface area contributed by atoms with Gasteiger partial charge in [0.05, 0.1) is 18.6 Å². The number of amides is 1. The zero-order valence-corrected chi connectivity index (χ0v) is 11.9. The molecule has 0 N–H and O–H groups in total. The largest absolute Gasteiger partial charge is 0.466 e. The van der Waals surface area contributed by atoms with E-state index in [2.05, 4.69) is 6.07 Å². The number of nitrogens with zero attached hydrogens (tertiary/aromatic N) is 2. The summed E-state index contributed by atoms with van der Waals surface area (Å²) in [6.45, 7) is 6.99. The summed E-state index contributed by atoms with van der Waals surface area (Å²) in [5.74, 6) is -0.960. The summed E-state index contributed by atoms with van der Waals surface area (Å²) in [4.78, 5) is 25.5. The minimum atomic E-state index is -0.584. The Morgan fingerprint density at radius 2 is 1.95 bits per heavy atom. The molecule has 1 atom stereocenters. The van der Waals surface area contributed by atoms with E-state index in [4.69, 9.17) is 10.00 Å². The van der Waals surface area contributed by atoms with Crippen LogP contribution < -0.4 is 0 Å². The van der Waals surface area contributed by atoms with Crippen LogP contribution in [-0.4, -0.2) is 36.5 Å². The number of likely N-dealkylation sites (tertiary alicyclic amines) is 1. The molecule has 1 amide bonds. The smallest absolute Gasteiger partial charge is 0.309 e. The summed E-state index contributed by atoms with van der Waals surface area (Å²) in [6, 6.07) is 2.07. The maximum absolute atomic E-state index is 12.2. The highest BCUT2D eigenvalue weighted by Gasteiger charge is 2.32. The van der Waals surface area contributed by atoms with Gasteiger partial charge in [0.2, 0.25) is 5.91 Å². The zero-order chi connectivity index (χ0) is 14.4. The van der Waals surface area contributed by atoms with Gasteiger partial charge in [-0.05, 0) is 25.7 Å². The highest BCUT2D eigenvalue weighted by atomic mass is 16.5. The van der Waals surface area contributed by atoms with Gasteiger partial charge in [0.25, 0.3) is 0 Å². The first-order valence-electron chi connectivity index (χ1n) is 6.86. The number of piperidine rings is 1. The summed E-state index contributed by atoms with van der Waals surface area (Å²) >= 11 is 0. The molecule has 0 radical (unpaired) electrons. The van der Waals surface area contributed by atoms with Crippen LogP contribution in [0.2, 0.25) is 0 Å². The van der Waals surface area contributed by atoms with Gasteiger partial charge in [0.1, 0.15) is 5.92 Å². The highest BCUT2D eigenvalue weighted by Crippen LogP contribution is 2.22. The fourth-order valence-electron chi connectivity index (χ4n) is 2.28. The van der Waals surface area contributed by atoms with E-state index in [0.29, 0.717) is 32.5 Å². The Hall–Kier alpha value is -1.57. The molecule has 106 valence electrons. The average Bonchev–Trinajstić information content (AvgIpc) is 2.39. The Bertz CT molecular complexity index is 365. The summed E-state index contributed by atoms with van der Waals surface area (Å²) in [5, 5.41) is 9.04. The third-order valence-electron chi connectivity index (χ3n) is 3.50. The third kappa shape index (κ3) is 3.95. The van der Waals surface area contributed by atoms with Crippen molar-refractivity contribution in [2.75, 3.05) is 19.7 Å². The van der Waals surface area contributed by atoms with Crippen molar-refractivity contribution in [1.82, 2.24) is 4.90 Å². The fraction of sp³-hybridized carbons (Fsp3) is 0.786. The lowest BCUT2D eigenvalue weighted by molar-refractivity contribution is -0.151. The average molecular weight is 266 g/mol. The maximum Gasteiger partial charge on any atom is 0.309 e. The van der Waals surface area contributed by atoms with Crippen molar-refractivity contribution in [2.45, 2.75) is 33.6 Å². The van der Waals surface area contributed by atoms with E-state index in [1.54, 1.807) is 11.8 Å². The van der Waals surface area contributed by atoms with Gasteiger partial charge in [-0.25, -0.2) is 0 Å². The van der Waals surface area contributed by atoms with Crippen LogP contribution in [0.25, 0.3) is 0 Å². The van der Waals surface area contributed by atoms with Gasteiger partial charge in [-0.1, -0.05) is 13.8 Å². The predicted molar refractivity (Wildman–Crippen MR) is 69.9 cm³/mol. The lowest BCUT2D eigenvalue weighted by atomic mass is 9.92. The minimum Gasteiger partial charge on any atom is -0.466 e. The molecule has 0 aliphatic carbocycles. The molecule has 0 bridgehead atoms. The predicted octanol–water partition coefficient (Wildman–Crippen LogP) is 1.58. The van der Waals surface area contributed by atoms with E-state index in [1.807, 2.05) is 13.8 Å². The van der Waals surface area contributed by atoms with Crippen LogP contribution in [0.5, 0.6) is 0 Å². The second-order valence-electron chi connectivity index (χ2n) is 5.20. The maximum atomic E-state index is 12.2. The van der Waals surface area contributed by atoms with E-state index in [-0.39, 0.29) is 23.7 Å². The summed E-state index contributed by atoms with van der Waals surface area (Å²) in [7, 11) is 0. The summed E-state index contributed by atoms with van der Waals surface area (Å²) in [5.41, 5.74) is 0. The number of ether oxygens (including phenoxy) is 1. The van der Waals surface area contributed by atoms with Crippen molar-refractivity contribution < 1.29 is 14.3 Å². The molecule has 5 nitrogen and oxygen atoms in total. The number of esters is 1. The van der Waals surface area contributed by atoms with Gasteiger partial charge in [0, 0.05) is 13.1 Å². The quantitative estimate of drug-likeness (QED) is 0.724. The molecule has 19 heavy (non-hydrogen) atoms. The molecule has 0 aromatic heterocycles. The Kier molecular flexibility index (Phi) is 5.81. The summed E-state index contributed by atoms with van der Waals surface area (Å²) in [6.07, 6.45) is 1.25. The van der Waals surface area contributed by atoms with Crippen LogP contribution in [-0.2, 0) is 14.3 Å². The topological polar surface area (TPSA) is 70.4 Å². The second-order valence-corrected chi connectivity index (χ2v) is 5.20. The molecule has 1 rings (SSSR count). The number of rotatable bonds is 4. The first-order chi connectivity index (χ1) is 9.01. The van der Waals surface area contributed by atoms with E-state index < -0.39 is 5.92 Å². The van der Waals surface area contributed by atoms with E-state index in [0.717, 1.165) is 0 Å². The highest BCUT2D eigenvalue weighted by molar-refractivity contribution is 5.82. The number of carbonyl (C=O) groups excluding carboxylic acids is 2. The van der Waals surface area contributed by atoms with Gasteiger partial charge in [0.15, 0.2) is 0 Å². The van der Waals surface area contributed by atoms with Crippen molar-refractivity contribution >= 4 is 11.9 Å². The first-order valence-corrected chi connectivity index (χ1v) is 6.86. The molecule has 1 fully saturated rings. The van der Waals surface area contributed by atoms with Crippen LogP contribution in [0.3, 0.4) is 0 Å². The molecular weight excluding hydrogens is 244 g/mol. The third-order valence-corrected chi connectivity index (χ3v) is 3.50. The Balaban J connectivity index is 2.52. The Labute approximate surface area is 114 Å². The molecule has 1 heterocycles. The fourth-order valence-corrected chi connectivity index (χ4v) is 2.28. The van der Waals surface area contributed by atoms with Gasteiger partial charge in [-0.2, -0.15) is 5.26 Å². The number of carbonyl (C=O) groups is 2. The van der Waals surface area contributed by atoms with Crippen molar-refractivity contribution in [1.29, 1.82) is 5.26 Å². The molecule has 0 spiro atoms. The normalized spacial score (nSPS) is 17.9. The van der Waals surface area contributed by atoms with E-state index in [1.165, 1.54) is 0 Å². The number of hydrogen-bond acceptors (Lipinski definition) is 4. The molecule has 0 aromatic rings. The Morgan fingerprint density at radius 3 is 2.37 bits per heavy atom. The van der Waals surface area contributed by atoms with Crippen molar-refractivity contribution in [2.24, 2.45) is 17.8 Å². The Morgan fingerprint density at radius 1 is 1.37 bits per heavy atom.